The summed E-state index contributed by atoms with van der Waals surface area (Å²) in [5, 5.41) is 2.81. The molecule has 0 saturated heterocycles. The summed E-state index contributed by atoms with van der Waals surface area (Å²) in [6, 6.07) is 26.8. The van der Waals surface area contributed by atoms with Gasteiger partial charge in [-0.15, -0.1) is 0 Å². The number of nitrogens with one attached hydrogen (secondary N) is 1. The summed E-state index contributed by atoms with van der Waals surface area (Å²) in [6.07, 6.45) is 0.292. The summed E-state index contributed by atoms with van der Waals surface area (Å²) in [6.45, 7) is 2.96. The summed E-state index contributed by atoms with van der Waals surface area (Å²) in [5.41, 5.74) is 3.33. The molecule has 0 spiro atoms. The van der Waals surface area contributed by atoms with Crippen molar-refractivity contribution >= 4 is 17.5 Å². The number of amides is 2. The quantitative estimate of drug-likeness (QED) is 0.675. The second-order valence-corrected chi connectivity index (χ2v) is 6.54. The number of hydrogen-bond donors (Lipinski definition) is 1. The zero-order valence-electron chi connectivity index (χ0n) is 16.0. The van der Waals surface area contributed by atoms with E-state index in [9.17, 15) is 9.59 Å². The van der Waals surface area contributed by atoms with Crippen LogP contribution < -0.4 is 10.2 Å². The first-order valence-electron chi connectivity index (χ1n) is 9.44. The molecule has 1 N–H and O–H groups in total. The lowest BCUT2D eigenvalue weighted by Gasteiger charge is -2.24. The standard InChI is InChI=1S/C24H24N2O2/c1-2-25-23(27)17-20-12-9-15-22(16-20)26(18-19-10-5-3-6-11-19)24(28)21-13-7-4-8-14-21/h3-16H,2,17-18H2,1H3,(H,25,27). The van der Waals surface area contributed by atoms with E-state index in [-0.39, 0.29) is 11.8 Å². The molecule has 142 valence electrons. The molecule has 0 heterocycles. The molecule has 4 nitrogen and oxygen atoms in total. The van der Waals surface area contributed by atoms with Gasteiger partial charge in [-0.1, -0.05) is 60.7 Å². The molecule has 3 aromatic carbocycles. The van der Waals surface area contributed by atoms with Crippen molar-refractivity contribution in [3.8, 4) is 0 Å². The van der Waals surface area contributed by atoms with Gasteiger partial charge >= 0.3 is 0 Å². The third-order valence-corrected chi connectivity index (χ3v) is 4.41. The van der Waals surface area contributed by atoms with Crippen molar-refractivity contribution in [1.82, 2.24) is 5.32 Å². The molecular weight excluding hydrogens is 348 g/mol. The number of hydrogen-bond acceptors (Lipinski definition) is 2. The summed E-state index contributed by atoms with van der Waals surface area (Å²) in [7, 11) is 0. The first-order chi connectivity index (χ1) is 13.7. The highest BCUT2D eigenvalue weighted by atomic mass is 16.2. The van der Waals surface area contributed by atoms with E-state index >= 15 is 0 Å². The number of rotatable bonds is 7. The highest BCUT2D eigenvalue weighted by Gasteiger charge is 2.18. The molecule has 0 unspecified atom stereocenters. The van der Waals surface area contributed by atoms with Crippen LogP contribution >= 0.6 is 0 Å². The van der Waals surface area contributed by atoms with Crippen molar-refractivity contribution in [3.05, 3.63) is 102 Å². The second kappa shape index (κ2) is 9.51. The number of anilines is 1. The summed E-state index contributed by atoms with van der Waals surface area (Å²) in [5.74, 6) is -0.0942. The van der Waals surface area contributed by atoms with Gasteiger partial charge in [0.1, 0.15) is 0 Å². The third-order valence-electron chi connectivity index (χ3n) is 4.41. The SMILES string of the molecule is CCNC(=O)Cc1cccc(N(Cc2ccccc2)C(=O)c2ccccc2)c1. The highest BCUT2D eigenvalue weighted by Crippen LogP contribution is 2.22. The van der Waals surface area contributed by atoms with Crippen LogP contribution in [-0.2, 0) is 17.8 Å². The van der Waals surface area contributed by atoms with Crippen molar-refractivity contribution in [2.45, 2.75) is 19.9 Å². The van der Waals surface area contributed by atoms with Gasteiger partial charge in [0.05, 0.1) is 13.0 Å². The van der Waals surface area contributed by atoms with Crippen molar-refractivity contribution in [2.24, 2.45) is 0 Å². The predicted molar refractivity (Wildman–Crippen MR) is 112 cm³/mol. The largest absolute Gasteiger partial charge is 0.356 e. The topological polar surface area (TPSA) is 49.4 Å². The van der Waals surface area contributed by atoms with Crippen LogP contribution in [0.25, 0.3) is 0 Å². The molecule has 0 aliphatic heterocycles. The predicted octanol–water partition coefficient (Wildman–Crippen LogP) is 4.21. The zero-order chi connectivity index (χ0) is 19.8. The van der Waals surface area contributed by atoms with Gasteiger partial charge in [-0.2, -0.15) is 0 Å². The van der Waals surface area contributed by atoms with Gasteiger partial charge in [-0.05, 0) is 42.3 Å². The van der Waals surface area contributed by atoms with E-state index < -0.39 is 0 Å². The minimum absolute atomic E-state index is 0.0244. The Kier molecular flexibility index (Phi) is 6.58. The van der Waals surface area contributed by atoms with Crippen molar-refractivity contribution < 1.29 is 9.59 Å². The van der Waals surface area contributed by atoms with E-state index in [0.29, 0.717) is 25.1 Å². The van der Waals surface area contributed by atoms with Gasteiger partial charge < -0.3 is 10.2 Å². The fourth-order valence-corrected chi connectivity index (χ4v) is 3.06. The molecule has 28 heavy (non-hydrogen) atoms. The maximum Gasteiger partial charge on any atom is 0.258 e. The minimum atomic E-state index is -0.0698. The van der Waals surface area contributed by atoms with Crippen LogP contribution in [0.1, 0.15) is 28.4 Å². The molecule has 0 atom stereocenters. The third kappa shape index (κ3) is 5.07. The van der Waals surface area contributed by atoms with Crippen LogP contribution in [0.15, 0.2) is 84.9 Å². The molecule has 3 aromatic rings. The first-order valence-corrected chi connectivity index (χ1v) is 9.44. The molecule has 0 radical (unpaired) electrons. The molecule has 0 bridgehead atoms. The molecule has 0 saturated carbocycles. The molecule has 2 amide bonds. The molecule has 0 aliphatic carbocycles. The van der Waals surface area contributed by atoms with Crippen molar-refractivity contribution in [1.29, 1.82) is 0 Å². The number of carbonyl (C=O) groups excluding carboxylic acids is 2. The Bertz CT molecular complexity index is 924. The Morgan fingerprint density at radius 2 is 1.46 bits per heavy atom. The van der Waals surface area contributed by atoms with Gasteiger partial charge in [-0.3, -0.25) is 9.59 Å². The van der Waals surface area contributed by atoms with Gasteiger partial charge in [0, 0.05) is 17.8 Å². The summed E-state index contributed by atoms with van der Waals surface area (Å²) in [4.78, 5) is 26.9. The van der Waals surface area contributed by atoms with Crippen LogP contribution in [0.2, 0.25) is 0 Å². The second-order valence-electron chi connectivity index (χ2n) is 6.54. The lowest BCUT2D eigenvalue weighted by Crippen LogP contribution is -2.30. The summed E-state index contributed by atoms with van der Waals surface area (Å²) < 4.78 is 0. The van der Waals surface area contributed by atoms with Crippen LogP contribution in [-0.4, -0.2) is 18.4 Å². The molecule has 0 aliphatic rings. The zero-order valence-corrected chi connectivity index (χ0v) is 16.0. The summed E-state index contributed by atoms with van der Waals surface area (Å²) >= 11 is 0. The molecular formula is C24H24N2O2. The van der Waals surface area contributed by atoms with E-state index in [0.717, 1.165) is 16.8 Å². The number of carbonyl (C=O) groups is 2. The number of likely N-dealkylation sites (N-methyl/N-ethyl adjacent to an activating group) is 1. The first kappa shape index (κ1) is 19.4. The van der Waals surface area contributed by atoms with E-state index in [1.807, 2.05) is 91.9 Å². The van der Waals surface area contributed by atoms with Gasteiger partial charge in [0.15, 0.2) is 0 Å². The Morgan fingerprint density at radius 1 is 0.821 bits per heavy atom. The van der Waals surface area contributed by atoms with Gasteiger partial charge in [0.2, 0.25) is 5.91 Å². The van der Waals surface area contributed by atoms with E-state index in [1.54, 1.807) is 4.90 Å². The highest BCUT2D eigenvalue weighted by molar-refractivity contribution is 6.06. The minimum Gasteiger partial charge on any atom is -0.356 e. The van der Waals surface area contributed by atoms with Gasteiger partial charge in [0.25, 0.3) is 5.91 Å². The molecule has 0 aromatic heterocycles. The Labute approximate surface area is 165 Å². The lowest BCUT2D eigenvalue weighted by atomic mass is 10.1. The maximum atomic E-state index is 13.2. The monoisotopic (exact) mass is 372 g/mol. The Hall–Kier alpha value is -3.40. The fraction of sp³-hybridized carbons (Fsp3) is 0.167. The normalized spacial score (nSPS) is 10.3. The van der Waals surface area contributed by atoms with Crippen LogP contribution in [0.3, 0.4) is 0 Å². The average Bonchev–Trinajstić information content (AvgIpc) is 2.73. The van der Waals surface area contributed by atoms with Crippen molar-refractivity contribution in [2.75, 3.05) is 11.4 Å². The number of nitrogens with zero attached hydrogens (tertiary/aromatic N) is 1. The van der Waals surface area contributed by atoms with E-state index in [4.69, 9.17) is 0 Å². The average molecular weight is 372 g/mol. The van der Waals surface area contributed by atoms with E-state index in [1.165, 1.54) is 0 Å². The lowest BCUT2D eigenvalue weighted by molar-refractivity contribution is -0.120. The maximum absolute atomic E-state index is 13.2. The Morgan fingerprint density at radius 3 is 2.14 bits per heavy atom. The molecule has 0 fully saturated rings. The molecule has 3 rings (SSSR count). The van der Waals surface area contributed by atoms with E-state index in [2.05, 4.69) is 5.32 Å². The Balaban J connectivity index is 1.92. The molecule has 4 heteroatoms. The smallest absolute Gasteiger partial charge is 0.258 e. The van der Waals surface area contributed by atoms with Crippen LogP contribution in [0.5, 0.6) is 0 Å². The van der Waals surface area contributed by atoms with Crippen LogP contribution in [0.4, 0.5) is 5.69 Å². The fourth-order valence-electron chi connectivity index (χ4n) is 3.06. The number of benzene rings is 3. The van der Waals surface area contributed by atoms with Gasteiger partial charge in [-0.25, -0.2) is 0 Å². The van der Waals surface area contributed by atoms with Crippen LogP contribution in [0, 0.1) is 0 Å². The van der Waals surface area contributed by atoms with Crippen molar-refractivity contribution in [3.63, 3.8) is 0 Å².